The standard InChI is InChI=1S/C17H26Cl2N2O/c1-2-3-4-5-6-7-8-9-12-20-17(22)21-14-10-11-15(18)16(19)13-14/h10-11,13H,2-9,12H2,1H3,(H2,20,21,22). The Bertz CT molecular complexity index is 452. The van der Waals surface area contributed by atoms with Crippen LogP contribution in [0.1, 0.15) is 58.3 Å². The molecule has 1 rings (SSSR count). The van der Waals surface area contributed by atoms with E-state index >= 15 is 0 Å². The number of anilines is 1. The van der Waals surface area contributed by atoms with Crippen molar-refractivity contribution in [2.24, 2.45) is 0 Å². The van der Waals surface area contributed by atoms with Crippen LogP contribution in [0.5, 0.6) is 0 Å². The van der Waals surface area contributed by atoms with E-state index in [2.05, 4.69) is 17.6 Å². The normalized spacial score (nSPS) is 10.5. The average molecular weight is 345 g/mol. The van der Waals surface area contributed by atoms with Crippen molar-refractivity contribution in [3.63, 3.8) is 0 Å². The number of hydrogen-bond acceptors (Lipinski definition) is 1. The van der Waals surface area contributed by atoms with Crippen molar-refractivity contribution >= 4 is 34.9 Å². The van der Waals surface area contributed by atoms with Crippen LogP contribution < -0.4 is 10.6 Å². The van der Waals surface area contributed by atoms with E-state index in [4.69, 9.17) is 23.2 Å². The predicted octanol–water partition coefficient (Wildman–Crippen LogP) is 6.26. The quantitative estimate of drug-likeness (QED) is 0.483. The van der Waals surface area contributed by atoms with Gasteiger partial charge in [-0.05, 0) is 24.6 Å². The van der Waals surface area contributed by atoms with Gasteiger partial charge >= 0.3 is 6.03 Å². The molecule has 1 aromatic carbocycles. The second-order valence-electron chi connectivity index (χ2n) is 5.48. The minimum absolute atomic E-state index is 0.207. The predicted molar refractivity (Wildman–Crippen MR) is 96.1 cm³/mol. The number of carbonyl (C=O) groups excluding carboxylic acids is 1. The van der Waals surface area contributed by atoms with Crippen molar-refractivity contribution in [2.45, 2.75) is 58.3 Å². The van der Waals surface area contributed by atoms with Crippen LogP contribution >= 0.6 is 23.2 Å². The summed E-state index contributed by atoms with van der Waals surface area (Å²) in [5.74, 6) is 0. The third-order valence-corrected chi connectivity index (χ3v) is 4.23. The summed E-state index contributed by atoms with van der Waals surface area (Å²) in [5.41, 5.74) is 0.642. The molecule has 0 bridgehead atoms. The molecule has 0 saturated heterocycles. The molecule has 0 aliphatic carbocycles. The van der Waals surface area contributed by atoms with Gasteiger partial charge in [0.1, 0.15) is 0 Å². The van der Waals surface area contributed by atoms with Gasteiger partial charge in [0.2, 0.25) is 0 Å². The highest BCUT2D eigenvalue weighted by Crippen LogP contribution is 2.24. The van der Waals surface area contributed by atoms with Gasteiger partial charge in [-0.25, -0.2) is 4.79 Å². The van der Waals surface area contributed by atoms with Gasteiger partial charge in [-0.3, -0.25) is 0 Å². The molecule has 124 valence electrons. The number of halogens is 2. The third-order valence-electron chi connectivity index (χ3n) is 3.49. The van der Waals surface area contributed by atoms with Gasteiger partial charge < -0.3 is 10.6 Å². The molecule has 3 nitrogen and oxygen atoms in total. The lowest BCUT2D eigenvalue weighted by Gasteiger charge is -2.08. The van der Waals surface area contributed by atoms with Crippen molar-refractivity contribution in [1.82, 2.24) is 5.32 Å². The Morgan fingerprint density at radius 3 is 2.23 bits per heavy atom. The van der Waals surface area contributed by atoms with E-state index in [1.807, 2.05) is 0 Å². The summed E-state index contributed by atoms with van der Waals surface area (Å²) in [6, 6.07) is 4.82. The molecule has 0 spiro atoms. The average Bonchev–Trinajstić information content (AvgIpc) is 2.49. The Morgan fingerprint density at radius 1 is 0.955 bits per heavy atom. The number of unbranched alkanes of at least 4 members (excludes halogenated alkanes) is 7. The lowest BCUT2D eigenvalue weighted by Crippen LogP contribution is -2.29. The van der Waals surface area contributed by atoms with Crippen LogP contribution in [-0.2, 0) is 0 Å². The molecule has 0 unspecified atom stereocenters. The Balaban J connectivity index is 2.05. The maximum absolute atomic E-state index is 11.7. The first-order valence-electron chi connectivity index (χ1n) is 8.13. The summed E-state index contributed by atoms with van der Waals surface area (Å²) >= 11 is 11.7. The lowest BCUT2D eigenvalue weighted by molar-refractivity contribution is 0.252. The molecule has 0 heterocycles. The largest absolute Gasteiger partial charge is 0.338 e. The number of amides is 2. The Morgan fingerprint density at radius 2 is 1.59 bits per heavy atom. The Labute approximate surface area is 143 Å². The van der Waals surface area contributed by atoms with Gasteiger partial charge in [-0.1, -0.05) is 75.1 Å². The summed E-state index contributed by atoms with van der Waals surface area (Å²) in [5, 5.41) is 6.50. The topological polar surface area (TPSA) is 41.1 Å². The van der Waals surface area contributed by atoms with E-state index in [1.54, 1.807) is 18.2 Å². The molecule has 0 saturated carbocycles. The summed E-state index contributed by atoms with van der Waals surface area (Å²) in [7, 11) is 0. The Hall–Kier alpha value is -0.930. The number of carbonyl (C=O) groups is 1. The monoisotopic (exact) mass is 344 g/mol. The molecular weight excluding hydrogens is 319 g/mol. The van der Waals surface area contributed by atoms with Gasteiger partial charge in [-0.2, -0.15) is 0 Å². The van der Waals surface area contributed by atoms with Crippen LogP contribution in [-0.4, -0.2) is 12.6 Å². The van der Waals surface area contributed by atoms with Crippen molar-refractivity contribution in [3.8, 4) is 0 Å². The molecule has 5 heteroatoms. The minimum atomic E-state index is -0.207. The molecule has 0 aromatic heterocycles. The molecule has 2 N–H and O–H groups in total. The van der Waals surface area contributed by atoms with E-state index in [1.165, 1.54) is 44.9 Å². The van der Waals surface area contributed by atoms with Gasteiger partial charge in [0.15, 0.2) is 0 Å². The zero-order chi connectivity index (χ0) is 16.2. The van der Waals surface area contributed by atoms with Crippen molar-refractivity contribution < 1.29 is 4.79 Å². The van der Waals surface area contributed by atoms with Crippen molar-refractivity contribution in [3.05, 3.63) is 28.2 Å². The molecule has 0 fully saturated rings. The van der Waals surface area contributed by atoms with E-state index in [0.717, 1.165) is 6.42 Å². The number of nitrogens with one attached hydrogen (secondary N) is 2. The van der Waals surface area contributed by atoms with Crippen LogP contribution in [0.3, 0.4) is 0 Å². The van der Waals surface area contributed by atoms with Crippen LogP contribution in [0.2, 0.25) is 10.0 Å². The molecule has 22 heavy (non-hydrogen) atoms. The molecule has 1 aromatic rings. The molecule has 0 aliphatic rings. The highest BCUT2D eigenvalue weighted by molar-refractivity contribution is 6.42. The first-order chi connectivity index (χ1) is 10.6. The maximum atomic E-state index is 11.7. The van der Waals surface area contributed by atoms with E-state index in [0.29, 0.717) is 22.3 Å². The molecule has 0 radical (unpaired) electrons. The second-order valence-corrected chi connectivity index (χ2v) is 6.30. The van der Waals surface area contributed by atoms with Crippen LogP contribution in [0.4, 0.5) is 10.5 Å². The van der Waals surface area contributed by atoms with Crippen LogP contribution in [0.25, 0.3) is 0 Å². The minimum Gasteiger partial charge on any atom is -0.338 e. The van der Waals surface area contributed by atoms with Crippen molar-refractivity contribution in [2.75, 3.05) is 11.9 Å². The number of rotatable bonds is 10. The summed E-state index contributed by atoms with van der Waals surface area (Å²) in [6.45, 7) is 2.93. The summed E-state index contributed by atoms with van der Waals surface area (Å²) in [6.07, 6.45) is 10.0. The number of benzene rings is 1. The highest BCUT2D eigenvalue weighted by atomic mass is 35.5. The fraction of sp³-hybridized carbons (Fsp3) is 0.588. The van der Waals surface area contributed by atoms with Crippen LogP contribution in [0.15, 0.2) is 18.2 Å². The first-order valence-corrected chi connectivity index (χ1v) is 8.89. The summed E-state index contributed by atoms with van der Waals surface area (Å²) < 4.78 is 0. The van der Waals surface area contributed by atoms with E-state index in [-0.39, 0.29) is 6.03 Å². The first kappa shape index (κ1) is 19.1. The SMILES string of the molecule is CCCCCCCCCCNC(=O)Nc1ccc(Cl)c(Cl)c1. The fourth-order valence-corrected chi connectivity index (χ4v) is 2.51. The maximum Gasteiger partial charge on any atom is 0.319 e. The van der Waals surface area contributed by atoms with Crippen LogP contribution in [0, 0.1) is 0 Å². The number of urea groups is 1. The highest BCUT2D eigenvalue weighted by Gasteiger charge is 2.03. The van der Waals surface area contributed by atoms with Crippen molar-refractivity contribution in [1.29, 1.82) is 0 Å². The second kappa shape index (κ2) is 11.6. The van der Waals surface area contributed by atoms with Gasteiger partial charge in [0.25, 0.3) is 0 Å². The van der Waals surface area contributed by atoms with Gasteiger partial charge in [-0.15, -0.1) is 0 Å². The molecule has 0 aliphatic heterocycles. The smallest absolute Gasteiger partial charge is 0.319 e. The molecule has 0 atom stereocenters. The molecular formula is C17H26Cl2N2O. The fourth-order valence-electron chi connectivity index (χ4n) is 2.21. The third kappa shape index (κ3) is 8.50. The zero-order valence-electron chi connectivity index (χ0n) is 13.3. The lowest BCUT2D eigenvalue weighted by atomic mass is 10.1. The van der Waals surface area contributed by atoms with Gasteiger partial charge in [0, 0.05) is 12.2 Å². The summed E-state index contributed by atoms with van der Waals surface area (Å²) in [4.78, 5) is 11.7. The van der Waals surface area contributed by atoms with Gasteiger partial charge in [0.05, 0.1) is 10.0 Å². The molecule has 2 amide bonds. The Kier molecular flexibility index (Phi) is 10.1. The number of hydrogen-bond donors (Lipinski definition) is 2. The van der Waals surface area contributed by atoms with E-state index in [9.17, 15) is 4.79 Å². The van der Waals surface area contributed by atoms with E-state index < -0.39 is 0 Å². The zero-order valence-corrected chi connectivity index (χ0v) is 14.8.